The summed E-state index contributed by atoms with van der Waals surface area (Å²) in [6, 6.07) is 30.0. The fraction of sp³-hybridized carbons (Fsp3) is 0.264. The van der Waals surface area contributed by atoms with Gasteiger partial charge in [-0.1, -0.05) is 0 Å². The first-order chi connectivity index (χ1) is 28.2. The van der Waals surface area contributed by atoms with Gasteiger partial charge in [-0.05, 0) is 0 Å². The summed E-state index contributed by atoms with van der Waals surface area (Å²) in [7, 11) is 0. The third-order valence-electron chi connectivity index (χ3n) is 13.3. The van der Waals surface area contributed by atoms with E-state index in [0.717, 1.165) is 51.1 Å². The normalized spacial score (nSPS) is 18.0. The molecule has 0 fully saturated rings. The van der Waals surface area contributed by atoms with E-state index >= 15 is 0 Å². The number of halogens is 8. The minimum Gasteiger partial charge on any atom is -1.00 e. The molecule has 1 unspecified atom stereocenters. The molecule has 0 saturated heterocycles. The maximum absolute atomic E-state index is 14.7. The Morgan fingerprint density at radius 1 is 0.565 bits per heavy atom. The fourth-order valence-electron chi connectivity index (χ4n) is 10.7. The first-order valence-corrected chi connectivity index (χ1v) is 24.4. The zero-order valence-electron chi connectivity index (χ0n) is 35.7. The van der Waals surface area contributed by atoms with E-state index in [0.29, 0.717) is 14.3 Å². The van der Waals surface area contributed by atoms with E-state index in [1.54, 1.807) is 12.1 Å². The van der Waals surface area contributed by atoms with Crippen LogP contribution >= 0.6 is 0 Å². The number of rotatable bonds is 5. The number of hydrogen-bond donors (Lipinski definition) is 0. The average molecular weight is 959 g/mol. The molecule has 0 amide bonds. The second-order valence-corrected chi connectivity index (χ2v) is 24.2. The summed E-state index contributed by atoms with van der Waals surface area (Å²) in [6.45, 7) is 17.4. The molecule has 4 aliphatic rings. The largest absolute Gasteiger partial charge is 1.00 e. The van der Waals surface area contributed by atoms with E-state index in [1.165, 1.54) is 60.9 Å². The number of hydrogen-bond acceptors (Lipinski definition) is 0. The van der Waals surface area contributed by atoms with E-state index in [2.05, 4.69) is 110 Å². The van der Waals surface area contributed by atoms with Crippen molar-refractivity contribution >= 4 is 19.9 Å². The van der Waals surface area contributed by atoms with E-state index in [1.807, 2.05) is 18.2 Å². The van der Waals surface area contributed by atoms with Crippen LogP contribution in [0.5, 0.6) is 0 Å². The van der Waals surface area contributed by atoms with Crippen LogP contribution in [0.3, 0.4) is 0 Å². The van der Waals surface area contributed by atoms with E-state index in [4.69, 9.17) is 0 Å². The van der Waals surface area contributed by atoms with Gasteiger partial charge in [0, 0.05) is 0 Å². The SMILES string of the molecule is CC1=CC(C)(C)c2cc3c(cc21)-c1cc2c(cc1[CH]3[Zr+2]([C]1=C(C)C(c3ccccc3)=CC1C)=[C](c1cccc(C(F)(F)F)c1)c1cccc(C(F)(F)F)c1)C(C)(C)C=C2C.[Cl-].[Cl-]. The Labute approximate surface area is 380 Å². The van der Waals surface area contributed by atoms with Crippen LogP contribution in [0, 0.1) is 5.92 Å². The maximum Gasteiger partial charge on any atom is -1.00 e. The summed E-state index contributed by atoms with van der Waals surface area (Å²) < 4.78 is 89.8. The first-order valence-electron chi connectivity index (χ1n) is 20.5. The van der Waals surface area contributed by atoms with Crippen LogP contribution in [0.25, 0.3) is 27.8 Å². The Balaban J connectivity index is 0.00000289. The van der Waals surface area contributed by atoms with Crippen LogP contribution in [0.15, 0.2) is 130 Å². The van der Waals surface area contributed by atoms with E-state index < -0.39 is 44.7 Å². The molecule has 0 spiro atoms. The molecule has 5 aromatic carbocycles. The predicted octanol–water partition coefficient (Wildman–Crippen LogP) is 9.09. The molecule has 0 nitrogen and oxygen atoms in total. The summed E-state index contributed by atoms with van der Waals surface area (Å²) in [5.74, 6) is -0.113. The summed E-state index contributed by atoms with van der Waals surface area (Å²) >= 11 is -3.97. The van der Waals surface area contributed by atoms with Gasteiger partial charge >= 0.3 is 358 Å². The van der Waals surface area contributed by atoms with Gasteiger partial charge < -0.3 is 24.8 Å². The number of alkyl halides is 6. The van der Waals surface area contributed by atoms with Gasteiger partial charge in [0.2, 0.25) is 0 Å². The minimum absolute atomic E-state index is 0. The van der Waals surface area contributed by atoms with Gasteiger partial charge in [-0.15, -0.1) is 0 Å². The van der Waals surface area contributed by atoms with E-state index in [9.17, 15) is 26.3 Å². The Hall–Kier alpha value is -4.03. The predicted molar refractivity (Wildman–Crippen MR) is 229 cm³/mol. The summed E-state index contributed by atoms with van der Waals surface area (Å²) in [5, 5.41) is 0. The van der Waals surface area contributed by atoms with Crippen LogP contribution in [-0.4, -0.2) is 3.21 Å². The maximum atomic E-state index is 14.7. The Morgan fingerprint density at radius 3 is 1.45 bits per heavy atom. The van der Waals surface area contributed by atoms with Crippen LogP contribution in [-0.2, 0) is 44.4 Å². The first kappa shape index (κ1) is 46.0. The molecule has 0 aromatic heterocycles. The molecule has 62 heavy (non-hydrogen) atoms. The van der Waals surface area contributed by atoms with Gasteiger partial charge in [-0.25, -0.2) is 0 Å². The molecule has 0 saturated carbocycles. The second-order valence-electron chi connectivity index (χ2n) is 18.2. The number of benzene rings is 5. The molecule has 0 aliphatic heterocycles. The zero-order valence-corrected chi connectivity index (χ0v) is 39.7. The standard InChI is InChI=1S/C25H25.C15H8F6.C13H13.2ClH.Zr/c1-14-12-24(3,4)22-8-16-7-17-9-23-19(15(2)13-25(23,5)6)11-21(17)20(16)10-18(14)22;16-14(17,18)12-5-1-3-10(8-12)7-11-4-2-6-13(9-11)15(19,20)21;1-10-8-11(2)13(9-10)12-6-4-3-5-7-12;;;/h7-13H,1-6H3;1-6,8-9H;3-7,9-10H,1-2H3;2*1H;/q;;;;;+2/p-2. The van der Waals surface area contributed by atoms with Gasteiger partial charge in [0.15, 0.2) is 0 Å². The number of fused-ring (bicyclic) bond motifs is 5. The Bertz CT molecular complexity index is 2690. The third-order valence-corrected chi connectivity index (χ3v) is 22.4. The number of allylic oxidation sites excluding steroid dienone is 8. The molecule has 0 bridgehead atoms. The van der Waals surface area contributed by atoms with Crippen LogP contribution in [0.4, 0.5) is 26.3 Å². The van der Waals surface area contributed by atoms with Crippen molar-refractivity contribution in [3.63, 3.8) is 0 Å². The molecule has 5 aromatic rings. The topological polar surface area (TPSA) is 0 Å². The molecule has 318 valence electrons. The molecule has 9 rings (SSSR count). The molecular weight excluding hydrogens is 913 g/mol. The molecular formula is C53H46Cl2F6Zr. The fourth-order valence-corrected chi connectivity index (χ4v) is 20.6. The summed E-state index contributed by atoms with van der Waals surface area (Å²) in [5.41, 5.74) is 13.2. The second kappa shape index (κ2) is 15.9. The molecule has 0 heterocycles. The van der Waals surface area contributed by atoms with Gasteiger partial charge in [0.05, 0.1) is 0 Å². The minimum atomic E-state index is -4.66. The van der Waals surface area contributed by atoms with Crippen molar-refractivity contribution in [1.82, 2.24) is 0 Å². The summed E-state index contributed by atoms with van der Waals surface area (Å²) in [4.78, 5) is 0. The Kier molecular flexibility index (Phi) is 11.8. The van der Waals surface area contributed by atoms with Gasteiger partial charge in [0.25, 0.3) is 0 Å². The molecule has 0 N–H and O–H groups in total. The van der Waals surface area contributed by atoms with Crippen molar-refractivity contribution in [3.8, 4) is 11.1 Å². The van der Waals surface area contributed by atoms with Crippen molar-refractivity contribution in [2.24, 2.45) is 5.92 Å². The molecule has 0 radical (unpaired) electrons. The van der Waals surface area contributed by atoms with Crippen molar-refractivity contribution in [2.75, 3.05) is 0 Å². The van der Waals surface area contributed by atoms with Crippen molar-refractivity contribution in [2.45, 2.75) is 82.2 Å². The van der Waals surface area contributed by atoms with Crippen molar-refractivity contribution < 1.29 is 72.4 Å². The van der Waals surface area contributed by atoms with Crippen LogP contribution < -0.4 is 24.8 Å². The molecule has 1 atom stereocenters. The molecule has 4 aliphatic carbocycles. The Morgan fingerprint density at radius 2 is 1.02 bits per heavy atom. The van der Waals surface area contributed by atoms with Crippen molar-refractivity contribution in [1.29, 1.82) is 0 Å². The smallest absolute Gasteiger partial charge is 1.00 e. The zero-order chi connectivity index (χ0) is 42.8. The van der Waals surface area contributed by atoms with Gasteiger partial charge in [0.1, 0.15) is 0 Å². The van der Waals surface area contributed by atoms with Crippen LogP contribution in [0.1, 0.15) is 120 Å². The van der Waals surface area contributed by atoms with Crippen molar-refractivity contribution in [3.05, 3.63) is 191 Å². The van der Waals surface area contributed by atoms with Crippen LogP contribution in [0.2, 0.25) is 0 Å². The van der Waals surface area contributed by atoms with E-state index in [-0.39, 0.29) is 45.2 Å². The quantitative estimate of drug-likeness (QED) is 0.155. The van der Waals surface area contributed by atoms with Gasteiger partial charge in [-0.3, -0.25) is 0 Å². The molecule has 9 heteroatoms. The summed E-state index contributed by atoms with van der Waals surface area (Å²) in [6.07, 6.45) is -2.46. The monoisotopic (exact) mass is 956 g/mol. The third kappa shape index (κ3) is 7.52. The van der Waals surface area contributed by atoms with Gasteiger partial charge in [-0.2, -0.15) is 0 Å². The average Bonchev–Trinajstić information content (AvgIpc) is 3.82.